The van der Waals surface area contributed by atoms with E-state index in [1.54, 1.807) is 18.4 Å². The van der Waals surface area contributed by atoms with Gasteiger partial charge in [0, 0.05) is 0 Å². The summed E-state index contributed by atoms with van der Waals surface area (Å²) < 4.78 is 18.3. The summed E-state index contributed by atoms with van der Waals surface area (Å²) >= 11 is 0. The Morgan fingerprint density at radius 3 is 2.39 bits per heavy atom. The van der Waals surface area contributed by atoms with Crippen LogP contribution >= 0.6 is 0 Å². The van der Waals surface area contributed by atoms with Crippen molar-refractivity contribution in [3.63, 3.8) is 0 Å². The highest BCUT2D eigenvalue weighted by Gasteiger charge is 1.97. The van der Waals surface area contributed by atoms with Gasteiger partial charge in [-0.15, -0.1) is 0 Å². The molecule has 0 unspecified atom stereocenters. The van der Waals surface area contributed by atoms with Crippen LogP contribution in [0.3, 0.4) is 0 Å². The third-order valence-corrected chi connectivity index (χ3v) is 2.65. The van der Waals surface area contributed by atoms with Crippen molar-refractivity contribution in [1.29, 1.82) is 0 Å². The van der Waals surface area contributed by atoms with Crippen LogP contribution in [0.25, 0.3) is 5.57 Å². The van der Waals surface area contributed by atoms with Crippen LogP contribution in [0.2, 0.25) is 0 Å². The summed E-state index contributed by atoms with van der Waals surface area (Å²) in [4.78, 5) is 0. The zero-order valence-corrected chi connectivity index (χ0v) is 10.3. The van der Waals surface area contributed by atoms with Crippen molar-refractivity contribution >= 4 is 5.57 Å². The number of ether oxygens (including phenoxy) is 1. The molecule has 0 aromatic heterocycles. The fraction of sp³-hybridized carbons (Fsp3) is 0.125. The second-order valence-corrected chi connectivity index (χ2v) is 4.10. The summed E-state index contributed by atoms with van der Waals surface area (Å²) in [5, 5.41) is 0. The lowest BCUT2D eigenvalue weighted by Gasteiger charge is -2.04. The van der Waals surface area contributed by atoms with E-state index in [9.17, 15) is 4.39 Å². The molecule has 0 saturated heterocycles. The Morgan fingerprint density at radius 2 is 1.72 bits per heavy atom. The lowest BCUT2D eigenvalue weighted by molar-refractivity contribution is 0.237. The molecule has 0 N–H and O–H groups in total. The Hall–Kier alpha value is -2.09. The minimum absolute atomic E-state index is 0.225. The lowest BCUT2D eigenvalue weighted by atomic mass is 10.1. The van der Waals surface area contributed by atoms with Crippen LogP contribution in [0.4, 0.5) is 4.39 Å². The fourth-order valence-electron chi connectivity index (χ4n) is 1.62. The topological polar surface area (TPSA) is 9.23 Å². The molecule has 0 radical (unpaired) electrons. The Bertz CT molecular complexity index is 515. The second kappa shape index (κ2) is 6.01. The Kier molecular flexibility index (Phi) is 4.13. The van der Waals surface area contributed by atoms with Crippen molar-refractivity contribution in [1.82, 2.24) is 0 Å². The van der Waals surface area contributed by atoms with Crippen molar-refractivity contribution in [2.45, 2.75) is 13.5 Å². The van der Waals surface area contributed by atoms with Gasteiger partial charge in [0.1, 0.15) is 12.4 Å². The first-order chi connectivity index (χ1) is 8.75. The largest absolute Gasteiger partial charge is 0.496 e. The minimum Gasteiger partial charge on any atom is -0.496 e. The lowest BCUT2D eigenvalue weighted by Crippen LogP contribution is -1.87. The summed E-state index contributed by atoms with van der Waals surface area (Å²) in [6.07, 6.45) is 1.71. The molecule has 0 heterocycles. The maximum Gasteiger partial charge on any atom is 0.123 e. The molecule has 2 rings (SSSR count). The van der Waals surface area contributed by atoms with E-state index in [0.717, 1.165) is 16.7 Å². The van der Waals surface area contributed by atoms with Crippen LogP contribution in [0.5, 0.6) is 0 Å². The molecule has 0 atom stereocenters. The van der Waals surface area contributed by atoms with Crippen LogP contribution in [0.1, 0.15) is 18.1 Å². The van der Waals surface area contributed by atoms with Gasteiger partial charge in [-0.25, -0.2) is 4.39 Å². The molecule has 0 amide bonds. The van der Waals surface area contributed by atoms with E-state index in [1.807, 2.05) is 37.3 Å². The normalized spacial score (nSPS) is 11.3. The fourth-order valence-corrected chi connectivity index (χ4v) is 1.62. The van der Waals surface area contributed by atoms with Gasteiger partial charge in [-0.05, 0) is 35.8 Å². The molecular weight excluding hydrogens is 227 g/mol. The van der Waals surface area contributed by atoms with Crippen LogP contribution in [0, 0.1) is 5.82 Å². The van der Waals surface area contributed by atoms with Crippen molar-refractivity contribution in [3.8, 4) is 0 Å². The Morgan fingerprint density at radius 1 is 1.06 bits per heavy atom. The van der Waals surface area contributed by atoms with Crippen molar-refractivity contribution < 1.29 is 9.13 Å². The predicted octanol–water partition coefficient (Wildman–Crippen LogP) is 4.40. The molecule has 0 aliphatic carbocycles. The van der Waals surface area contributed by atoms with Crippen LogP contribution in [-0.2, 0) is 11.3 Å². The molecule has 18 heavy (non-hydrogen) atoms. The van der Waals surface area contributed by atoms with Gasteiger partial charge >= 0.3 is 0 Å². The quantitative estimate of drug-likeness (QED) is 0.722. The molecule has 2 aromatic carbocycles. The molecule has 0 spiro atoms. The standard InChI is InChI=1S/C16H15FO/c1-13(15-7-9-16(17)10-8-15)11-18-12-14-5-3-2-4-6-14/h2-11H,12H2,1H3/b13-11+. The molecule has 2 heteroatoms. The molecule has 1 nitrogen and oxygen atoms in total. The van der Waals surface area contributed by atoms with E-state index in [-0.39, 0.29) is 5.82 Å². The number of benzene rings is 2. The third kappa shape index (κ3) is 3.45. The first-order valence-electron chi connectivity index (χ1n) is 5.84. The number of allylic oxidation sites excluding steroid dienone is 1. The van der Waals surface area contributed by atoms with Gasteiger partial charge in [0.25, 0.3) is 0 Å². The summed E-state index contributed by atoms with van der Waals surface area (Å²) in [5.74, 6) is -0.225. The summed E-state index contributed by atoms with van der Waals surface area (Å²) in [7, 11) is 0. The zero-order valence-electron chi connectivity index (χ0n) is 10.3. The van der Waals surface area contributed by atoms with Gasteiger partial charge in [0.2, 0.25) is 0 Å². The molecule has 92 valence electrons. The Labute approximate surface area is 107 Å². The highest BCUT2D eigenvalue weighted by Crippen LogP contribution is 2.14. The molecule has 0 aliphatic heterocycles. The number of hydrogen-bond donors (Lipinski definition) is 0. The van der Waals surface area contributed by atoms with Gasteiger partial charge in [-0.3, -0.25) is 0 Å². The molecule has 0 saturated carbocycles. The molecule has 0 bridgehead atoms. The highest BCUT2D eigenvalue weighted by molar-refractivity contribution is 5.62. The Balaban J connectivity index is 1.95. The molecular formula is C16H15FO. The minimum atomic E-state index is -0.225. The van der Waals surface area contributed by atoms with Crippen molar-refractivity contribution in [3.05, 3.63) is 77.8 Å². The zero-order chi connectivity index (χ0) is 12.8. The first-order valence-corrected chi connectivity index (χ1v) is 5.84. The van der Waals surface area contributed by atoms with E-state index < -0.39 is 0 Å². The highest BCUT2D eigenvalue weighted by atomic mass is 19.1. The van der Waals surface area contributed by atoms with Crippen LogP contribution < -0.4 is 0 Å². The summed E-state index contributed by atoms with van der Waals surface area (Å²) in [6, 6.07) is 16.4. The second-order valence-electron chi connectivity index (χ2n) is 4.10. The van der Waals surface area contributed by atoms with E-state index in [0.29, 0.717) is 6.61 Å². The maximum atomic E-state index is 12.8. The maximum absolute atomic E-state index is 12.8. The molecule has 0 fully saturated rings. The van der Waals surface area contributed by atoms with E-state index in [1.165, 1.54) is 12.1 Å². The van der Waals surface area contributed by atoms with Gasteiger partial charge in [-0.1, -0.05) is 42.5 Å². The van der Waals surface area contributed by atoms with E-state index >= 15 is 0 Å². The number of halogens is 1. The molecule has 0 aliphatic rings. The smallest absolute Gasteiger partial charge is 0.123 e. The summed E-state index contributed by atoms with van der Waals surface area (Å²) in [6.45, 7) is 2.48. The number of rotatable bonds is 4. The van der Waals surface area contributed by atoms with Crippen LogP contribution in [-0.4, -0.2) is 0 Å². The number of hydrogen-bond acceptors (Lipinski definition) is 1. The first kappa shape index (κ1) is 12.4. The average molecular weight is 242 g/mol. The van der Waals surface area contributed by atoms with Crippen molar-refractivity contribution in [2.75, 3.05) is 0 Å². The predicted molar refractivity (Wildman–Crippen MR) is 71.3 cm³/mol. The van der Waals surface area contributed by atoms with Crippen LogP contribution in [0.15, 0.2) is 60.9 Å². The van der Waals surface area contributed by atoms with Gasteiger partial charge in [0.05, 0.1) is 6.26 Å². The average Bonchev–Trinajstić information content (AvgIpc) is 2.40. The van der Waals surface area contributed by atoms with Gasteiger partial charge < -0.3 is 4.74 Å². The van der Waals surface area contributed by atoms with E-state index in [2.05, 4.69) is 0 Å². The monoisotopic (exact) mass is 242 g/mol. The summed E-state index contributed by atoms with van der Waals surface area (Å²) in [5.41, 5.74) is 3.07. The molecule has 2 aromatic rings. The van der Waals surface area contributed by atoms with Crippen molar-refractivity contribution in [2.24, 2.45) is 0 Å². The SMILES string of the molecule is C/C(=C\OCc1ccccc1)c1ccc(F)cc1. The van der Waals surface area contributed by atoms with E-state index in [4.69, 9.17) is 4.74 Å². The van der Waals surface area contributed by atoms with Gasteiger partial charge in [-0.2, -0.15) is 0 Å². The third-order valence-electron chi connectivity index (χ3n) is 2.65. The van der Waals surface area contributed by atoms with Gasteiger partial charge in [0.15, 0.2) is 0 Å².